The third kappa shape index (κ3) is 3.20. The molecule has 0 saturated heterocycles. The van der Waals surface area contributed by atoms with Gasteiger partial charge in [0.05, 0.1) is 5.56 Å². The molecule has 2 aliphatic heterocycles. The predicted octanol–water partition coefficient (Wildman–Crippen LogP) is 0.165. The highest BCUT2D eigenvalue weighted by Gasteiger charge is 2.33. The number of amides is 1. The number of hydrogen-bond acceptors (Lipinski definition) is 6. The zero-order chi connectivity index (χ0) is 19.8. The summed E-state index contributed by atoms with van der Waals surface area (Å²) >= 11 is 0. The van der Waals surface area contributed by atoms with Crippen molar-refractivity contribution in [2.45, 2.75) is 45.8 Å². The summed E-state index contributed by atoms with van der Waals surface area (Å²) < 4.78 is 7.34. The van der Waals surface area contributed by atoms with Gasteiger partial charge in [0.1, 0.15) is 12.4 Å². The molecule has 2 N–H and O–H groups in total. The SMILES string of the molecule is CC(=O)OCc1c(B(O)O)ccnc1N1CCc2c(cc3n2CCCC3)C1=O. The number of ether oxygens (including phenoxy) is 1. The number of carbonyl (C=O) groups is 2. The molecule has 4 rings (SSSR count). The van der Waals surface area contributed by atoms with Gasteiger partial charge < -0.3 is 19.4 Å². The van der Waals surface area contributed by atoms with Crippen molar-refractivity contribution in [3.63, 3.8) is 0 Å². The molecule has 1 amide bonds. The lowest BCUT2D eigenvalue weighted by molar-refractivity contribution is -0.142. The fourth-order valence-electron chi connectivity index (χ4n) is 4.12. The highest BCUT2D eigenvalue weighted by atomic mass is 16.5. The van der Waals surface area contributed by atoms with Crippen LogP contribution in [0.15, 0.2) is 18.3 Å². The van der Waals surface area contributed by atoms with E-state index in [1.807, 2.05) is 6.07 Å². The van der Waals surface area contributed by atoms with Gasteiger partial charge in [0.25, 0.3) is 5.91 Å². The predicted molar refractivity (Wildman–Crippen MR) is 102 cm³/mol. The van der Waals surface area contributed by atoms with Gasteiger partial charge in [-0.15, -0.1) is 0 Å². The fraction of sp³-hybridized carbons (Fsp3) is 0.421. The minimum Gasteiger partial charge on any atom is -0.461 e. The van der Waals surface area contributed by atoms with E-state index in [0.29, 0.717) is 29.9 Å². The van der Waals surface area contributed by atoms with Crippen LogP contribution in [0.25, 0.3) is 0 Å². The van der Waals surface area contributed by atoms with Crippen LogP contribution in [0, 0.1) is 0 Å². The lowest BCUT2D eigenvalue weighted by Crippen LogP contribution is -2.42. The fourth-order valence-corrected chi connectivity index (χ4v) is 4.12. The molecule has 0 spiro atoms. The number of hydrogen-bond donors (Lipinski definition) is 2. The summed E-state index contributed by atoms with van der Waals surface area (Å²) in [7, 11) is -1.76. The summed E-state index contributed by atoms with van der Waals surface area (Å²) in [4.78, 5) is 30.4. The number of nitrogens with zero attached hydrogens (tertiary/aromatic N) is 3. The number of carbonyl (C=O) groups excluding carboxylic acids is 2. The summed E-state index contributed by atoms with van der Waals surface area (Å²) in [5.74, 6) is -0.364. The van der Waals surface area contributed by atoms with E-state index in [0.717, 1.165) is 31.5 Å². The standard InChI is InChI=1S/C19H22BN3O5/c1-12(24)28-11-15-16(20(26)27)5-7-21-18(15)23-9-6-17-14(19(23)25)10-13-4-2-3-8-22(13)17/h5,7,10,26-27H,2-4,6,8-9,11H2,1H3. The van der Waals surface area contributed by atoms with E-state index in [9.17, 15) is 19.6 Å². The van der Waals surface area contributed by atoms with Crippen LogP contribution in [0.4, 0.5) is 5.82 Å². The molecule has 2 aromatic rings. The maximum absolute atomic E-state index is 13.2. The van der Waals surface area contributed by atoms with E-state index in [1.165, 1.54) is 24.9 Å². The summed E-state index contributed by atoms with van der Waals surface area (Å²) in [5.41, 5.74) is 3.43. The molecule has 4 heterocycles. The Kier molecular flexibility index (Phi) is 4.95. The number of rotatable bonds is 4. The average molecular weight is 383 g/mol. The molecule has 0 bridgehead atoms. The summed E-state index contributed by atoms with van der Waals surface area (Å²) in [6.45, 7) is 2.46. The lowest BCUT2D eigenvalue weighted by Gasteiger charge is -2.29. The van der Waals surface area contributed by atoms with Gasteiger partial charge in [-0.3, -0.25) is 14.5 Å². The van der Waals surface area contributed by atoms with E-state index in [2.05, 4.69) is 9.55 Å². The average Bonchev–Trinajstić information content (AvgIpc) is 3.06. The minimum absolute atomic E-state index is 0.163. The van der Waals surface area contributed by atoms with Gasteiger partial charge in [0.15, 0.2) is 0 Å². The highest BCUT2D eigenvalue weighted by Crippen LogP contribution is 2.30. The van der Waals surface area contributed by atoms with E-state index >= 15 is 0 Å². The molecule has 0 unspecified atom stereocenters. The van der Waals surface area contributed by atoms with Crippen LogP contribution in [-0.4, -0.2) is 45.1 Å². The van der Waals surface area contributed by atoms with Crippen molar-refractivity contribution < 1.29 is 24.4 Å². The molecule has 2 aromatic heterocycles. The van der Waals surface area contributed by atoms with Crippen molar-refractivity contribution in [1.29, 1.82) is 0 Å². The van der Waals surface area contributed by atoms with Gasteiger partial charge in [-0.05, 0) is 36.9 Å². The van der Waals surface area contributed by atoms with Crippen molar-refractivity contribution >= 4 is 30.3 Å². The molecular formula is C19H22BN3O5. The molecule has 0 aliphatic carbocycles. The first-order chi connectivity index (χ1) is 13.5. The Hall–Kier alpha value is -2.65. The van der Waals surface area contributed by atoms with Crippen molar-refractivity contribution in [1.82, 2.24) is 9.55 Å². The first kappa shape index (κ1) is 18.7. The van der Waals surface area contributed by atoms with Crippen LogP contribution in [0.2, 0.25) is 0 Å². The molecule has 0 aromatic carbocycles. The normalized spacial score (nSPS) is 15.8. The summed E-state index contributed by atoms with van der Waals surface area (Å²) in [6, 6.07) is 3.42. The molecule has 146 valence electrons. The molecule has 2 aliphatic rings. The number of anilines is 1. The first-order valence-electron chi connectivity index (χ1n) is 9.47. The molecule has 0 radical (unpaired) electrons. The quantitative estimate of drug-likeness (QED) is 0.576. The Morgan fingerprint density at radius 3 is 2.86 bits per heavy atom. The number of esters is 1. The molecule has 8 nitrogen and oxygen atoms in total. The van der Waals surface area contributed by atoms with Crippen LogP contribution in [0.3, 0.4) is 0 Å². The van der Waals surface area contributed by atoms with Gasteiger partial charge in [-0.25, -0.2) is 4.98 Å². The zero-order valence-corrected chi connectivity index (χ0v) is 15.7. The Morgan fingerprint density at radius 2 is 2.11 bits per heavy atom. The number of aryl methyl sites for hydroxylation is 1. The second-order valence-corrected chi connectivity index (χ2v) is 7.17. The molecule has 9 heteroatoms. The van der Waals surface area contributed by atoms with Crippen LogP contribution in [0.1, 0.15) is 47.1 Å². The van der Waals surface area contributed by atoms with E-state index in [1.54, 1.807) is 4.90 Å². The van der Waals surface area contributed by atoms with Crippen LogP contribution < -0.4 is 10.4 Å². The zero-order valence-electron chi connectivity index (χ0n) is 15.7. The molecular weight excluding hydrogens is 361 g/mol. The van der Waals surface area contributed by atoms with Crippen LogP contribution in [-0.2, 0) is 35.5 Å². The summed E-state index contributed by atoms with van der Waals surface area (Å²) in [6.07, 6.45) is 5.35. The third-order valence-electron chi connectivity index (χ3n) is 5.43. The van der Waals surface area contributed by atoms with E-state index in [4.69, 9.17) is 4.74 Å². The molecule has 0 saturated carbocycles. The van der Waals surface area contributed by atoms with Gasteiger partial charge >= 0.3 is 13.1 Å². The molecule has 28 heavy (non-hydrogen) atoms. The first-order valence-corrected chi connectivity index (χ1v) is 9.47. The Balaban J connectivity index is 1.73. The van der Waals surface area contributed by atoms with Crippen molar-refractivity contribution in [2.24, 2.45) is 0 Å². The molecule has 0 fully saturated rings. The van der Waals surface area contributed by atoms with Gasteiger partial charge in [-0.2, -0.15) is 0 Å². The minimum atomic E-state index is -1.76. The van der Waals surface area contributed by atoms with E-state index < -0.39 is 13.1 Å². The second kappa shape index (κ2) is 7.41. The van der Waals surface area contributed by atoms with Crippen LogP contribution >= 0.6 is 0 Å². The number of pyridine rings is 1. The maximum atomic E-state index is 13.2. The molecule has 0 atom stereocenters. The highest BCUT2D eigenvalue weighted by molar-refractivity contribution is 6.59. The topological polar surface area (TPSA) is 105 Å². The Bertz CT molecular complexity index is 940. The third-order valence-corrected chi connectivity index (χ3v) is 5.43. The van der Waals surface area contributed by atoms with Crippen LogP contribution in [0.5, 0.6) is 0 Å². The van der Waals surface area contributed by atoms with Gasteiger partial charge in [0.2, 0.25) is 0 Å². The maximum Gasteiger partial charge on any atom is 0.489 e. The van der Waals surface area contributed by atoms with Crippen molar-refractivity contribution in [2.75, 3.05) is 11.4 Å². The smallest absolute Gasteiger partial charge is 0.461 e. The Morgan fingerprint density at radius 1 is 1.29 bits per heavy atom. The van der Waals surface area contributed by atoms with Crippen molar-refractivity contribution in [3.8, 4) is 0 Å². The van der Waals surface area contributed by atoms with Gasteiger partial charge in [0, 0.05) is 49.6 Å². The summed E-state index contributed by atoms with van der Waals surface area (Å²) in [5, 5.41) is 19.4. The van der Waals surface area contributed by atoms with Gasteiger partial charge in [-0.1, -0.05) is 0 Å². The largest absolute Gasteiger partial charge is 0.489 e. The number of aromatic nitrogens is 2. The monoisotopic (exact) mass is 383 g/mol. The van der Waals surface area contributed by atoms with Crippen molar-refractivity contribution in [3.05, 3.63) is 40.8 Å². The van der Waals surface area contributed by atoms with E-state index in [-0.39, 0.29) is 18.0 Å². The second-order valence-electron chi connectivity index (χ2n) is 7.17. The number of fused-ring (bicyclic) bond motifs is 3. The lowest BCUT2D eigenvalue weighted by atomic mass is 9.77. The Labute approximate surface area is 162 Å².